The van der Waals surface area contributed by atoms with Gasteiger partial charge in [-0.15, -0.1) is 0 Å². The van der Waals surface area contributed by atoms with Gasteiger partial charge < -0.3 is 4.74 Å². The third-order valence-electron chi connectivity index (χ3n) is 3.56. The lowest BCUT2D eigenvalue weighted by atomic mass is 9.85. The van der Waals surface area contributed by atoms with Crippen LogP contribution in [0.5, 0.6) is 5.75 Å². The van der Waals surface area contributed by atoms with Crippen molar-refractivity contribution in [3.8, 4) is 5.75 Å². The normalized spacial score (nSPS) is 13.2. The maximum atomic E-state index is 13.1. The lowest BCUT2D eigenvalue weighted by Gasteiger charge is -2.23. The van der Waals surface area contributed by atoms with Crippen molar-refractivity contribution in [2.75, 3.05) is 6.61 Å². The molecule has 7 heteroatoms. The zero-order valence-electron chi connectivity index (χ0n) is 14.4. The van der Waals surface area contributed by atoms with Crippen molar-refractivity contribution in [2.24, 2.45) is 5.41 Å². The highest BCUT2D eigenvalue weighted by Crippen LogP contribution is 2.25. The van der Waals surface area contributed by atoms with E-state index in [4.69, 9.17) is 4.74 Å². The first-order valence-electron chi connectivity index (χ1n) is 7.90. The Balaban J connectivity index is 1.94. The lowest BCUT2D eigenvalue weighted by molar-refractivity contribution is -0.129. The Morgan fingerprint density at radius 2 is 2.04 bits per heavy atom. The van der Waals surface area contributed by atoms with Gasteiger partial charge in [0.15, 0.2) is 17.4 Å². The Bertz CT molecular complexity index is 737. The Kier molecular flexibility index (Phi) is 6.01. The molecule has 0 bridgehead atoms. The van der Waals surface area contributed by atoms with Gasteiger partial charge >= 0.3 is 0 Å². The molecule has 25 heavy (non-hydrogen) atoms. The summed E-state index contributed by atoms with van der Waals surface area (Å²) in [5.41, 5.74) is -0.507. The Morgan fingerprint density at radius 1 is 1.28 bits per heavy atom. The molecule has 1 unspecified atom stereocenters. The van der Waals surface area contributed by atoms with E-state index in [1.165, 1.54) is 23.4 Å². The topological polar surface area (TPSA) is 57.0 Å². The number of nitrogens with zero attached hydrogens (tertiary/aromatic N) is 3. The van der Waals surface area contributed by atoms with Crippen LogP contribution in [0.25, 0.3) is 0 Å². The molecule has 1 atom stereocenters. The molecule has 0 aliphatic carbocycles. The van der Waals surface area contributed by atoms with E-state index in [1.54, 1.807) is 12.2 Å². The van der Waals surface area contributed by atoms with Gasteiger partial charge in [0.05, 0.1) is 0 Å². The van der Waals surface area contributed by atoms with Gasteiger partial charge in [0, 0.05) is 11.5 Å². The SMILES string of the molecule is CC(C)(C)C(=O)C(CC=CCOc1ccc(F)c(F)c1)n1cncn1. The van der Waals surface area contributed by atoms with Gasteiger partial charge in [0.25, 0.3) is 0 Å². The van der Waals surface area contributed by atoms with Crippen LogP contribution >= 0.6 is 0 Å². The molecule has 2 rings (SSSR count). The Hall–Kier alpha value is -2.57. The Labute approximate surface area is 145 Å². The number of hydrogen-bond donors (Lipinski definition) is 0. The summed E-state index contributed by atoms with van der Waals surface area (Å²) in [5.74, 6) is -1.59. The van der Waals surface area contributed by atoms with Crippen LogP contribution in [-0.4, -0.2) is 27.2 Å². The van der Waals surface area contributed by atoms with Gasteiger partial charge in [-0.05, 0) is 18.6 Å². The van der Waals surface area contributed by atoms with Gasteiger partial charge in [-0.25, -0.2) is 18.4 Å². The van der Waals surface area contributed by atoms with Crippen LogP contribution in [0.2, 0.25) is 0 Å². The molecule has 1 aromatic heterocycles. The van der Waals surface area contributed by atoms with Gasteiger partial charge in [-0.3, -0.25) is 4.79 Å². The van der Waals surface area contributed by atoms with Crippen LogP contribution in [0, 0.1) is 17.0 Å². The van der Waals surface area contributed by atoms with E-state index in [9.17, 15) is 13.6 Å². The number of rotatable bonds is 7. The number of carbonyl (C=O) groups is 1. The number of benzene rings is 1. The largest absolute Gasteiger partial charge is 0.489 e. The number of Topliss-reactive ketones (excluding diaryl/α,β-unsaturated/α-hetero) is 1. The highest BCUT2D eigenvalue weighted by Gasteiger charge is 2.30. The van der Waals surface area contributed by atoms with Crippen molar-refractivity contribution in [2.45, 2.75) is 33.2 Å². The van der Waals surface area contributed by atoms with Crippen LogP contribution in [0.15, 0.2) is 43.0 Å². The minimum absolute atomic E-state index is 0.0455. The average Bonchev–Trinajstić information content (AvgIpc) is 3.07. The minimum Gasteiger partial charge on any atom is -0.489 e. The molecule has 134 valence electrons. The fourth-order valence-corrected chi connectivity index (χ4v) is 2.22. The zero-order chi connectivity index (χ0) is 18.4. The van der Waals surface area contributed by atoms with E-state index < -0.39 is 23.1 Å². The molecule has 0 aliphatic rings. The first kappa shape index (κ1) is 18.8. The highest BCUT2D eigenvalue weighted by molar-refractivity contribution is 5.87. The number of allylic oxidation sites excluding steroid dienone is 1. The summed E-state index contributed by atoms with van der Waals surface area (Å²) < 4.78 is 32.8. The number of halogens is 2. The van der Waals surface area contributed by atoms with Crippen LogP contribution in [-0.2, 0) is 4.79 Å². The van der Waals surface area contributed by atoms with Gasteiger partial charge in [0.2, 0.25) is 0 Å². The highest BCUT2D eigenvalue weighted by atomic mass is 19.2. The van der Waals surface area contributed by atoms with Crippen LogP contribution in [0.1, 0.15) is 33.2 Å². The molecule has 0 N–H and O–H groups in total. The monoisotopic (exact) mass is 349 g/mol. The third kappa shape index (κ3) is 5.20. The van der Waals surface area contributed by atoms with Gasteiger partial charge in [-0.1, -0.05) is 32.9 Å². The zero-order valence-corrected chi connectivity index (χ0v) is 14.4. The van der Waals surface area contributed by atoms with E-state index in [2.05, 4.69) is 10.1 Å². The molecule has 1 aromatic carbocycles. The van der Waals surface area contributed by atoms with Gasteiger partial charge in [-0.2, -0.15) is 5.10 Å². The summed E-state index contributed by atoms with van der Waals surface area (Å²) in [6.07, 6.45) is 6.86. The number of ether oxygens (including phenoxy) is 1. The van der Waals surface area contributed by atoms with Crippen molar-refractivity contribution in [1.82, 2.24) is 14.8 Å². The first-order valence-corrected chi connectivity index (χ1v) is 7.90. The van der Waals surface area contributed by atoms with E-state index in [1.807, 2.05) is 20.8 Å². The summed E-state index contributed by atoms with van der Waals surface area (Å²) in [6, 6.07) is 2.90. The smallest absolute Gasteiger partial charge is 0.163 e. The summed E-state index contributed by atoms with van der Waals surface area (Å²) in [7, 11) is 0. The van der Waals surface area contributed by atoms with Crippen LogP contribution in [0.3, 0.4) is 0 Å². The third-order valence-corrected chi connectivity index (χ3v) is 3.56. The summed E-state index contributed by atoms with van der Waals surface area (Å²) in [4.78, 5) is 16.5. The molecule has 0 aliphatic heterocycles. The maximum absolute atomic E-state index is 13.1. The van der Waals surface area contributed by atoms with Crippen molar-refractivity contribution in [3.05, 3.63) is 54.6 Å². The molecule has 0 amide bonds. The maximum Gasteiger partial charge on any atom is 0.163 e. The van der Waals surface area contributed by atoms with Crippen molar-refractivity contribution < 1.29 is 18.3 Å². The molecule has 0 spiro atoms. The summed E-state index contributed by atoms with van der Waals surface area (Å²) in [6.45, 7) is 5.75. The molecular formula is C18H21F2N3O2. The lowest BCUT2D eigenvalue weighted by Crippen LogP contribution is -2.30. The molecular weight excluding hydrogens is 328 g/mol. The predicted octanol–water partition coefficient (Wildman–Crippen LogP) is 3.74. The number of aromatic nitrogens is 3. The standard InChI is InChI=1S/C18H21F2N3O2/c1-18(2,3)17(24)16(23-12-21-11-22-23)6-4-5-9-25-13-7-8-14(19)15(20)10-13/h4-5,7-8,10-12,16H,6,9H2,1-3H3. The molecule has 2 aromatic rings. The van der Waals surface area contributed by atoms with Crippen molar-refractivity contribution >= 4 is 5.78 Å². The van der Waals surface area contributed by atoms with E-state index in [0.717, 1.165) is 12.1 Å². The number of hydrogen-bond acceptors (Lipinski definition) is 4. The van der Waals surface area contributed by atoms with Crippen LogP contribution < -0.4 is 4.74 Å². The molecule has 0 fully saturated rings. The fourth-order valence-electron chi connectivity index (χ4n) is 2.22. The minimum atomic E-state index is -0.955. The predicted molar refractivity (Wildman–Crippen MR) is 89.1 cm³/mol. The Morgan fingerprint density at radius 3 is 2.64 bits per heavy atom. The van der Waals surface area contributed by atoms with Crippen molar-refractivity contribution in [3.63, 3.8) is 0 Å². The summed E-state index contributed by atoms with van der Waals surface area (Å²) in [5, 5.41) is 4.06. The van der Waals surface area contributed by atoms with E-state index in [0.29, 0.717) is 6.42 Å². The van der Waals surface area contributed by atoms with E-state index in [-0.39, 0.29) is 18.1 Å². The number of carbonyl (C=O) groups excluding carboxylic acids is 1. The molecule has 1 heterocycles. The van der Waals surface area contributed by atoms with Crippen LogP contribution in [0.4, 0.5) is 8.78 Å². The van der Waals surface area contributed by atoms with Crippen molar-refractivity contribution in [1.29, 1.82) is 0 Å². The average molecular weight is 349 g/mol. The summed E-state index contributed by atoms with van der Waals surface area (Å²) >= 11 is 0. The molecule has 0 saturated heterocycles. The number of ketones is 1. The molecule has 0 radical (unpaired) electrons. The second kappa shape index (κ2) is 8.00. The molecule has 0 saturated carbocycles. The second-order valence-electron chi connectivity index (χ2n) is 6.60. The molecule has 5 nitrogen and oxygen atoms in total. The van der Waals surface area contributed by atoms with Gasteiger partial charge in [0.1, 0.15) is 31.1 Å². The van der Waals surface area contributed by atoms with E-state index >= 15 is 0 Å². The quantitative estimate of drug-likeness (QED) is 0.715. The fraction of sp³-hybridized carbons (Fsp3) is 0.389. The first-order chi connectivity index (χ1) is 11.8. The second-order valence-corrected chi connectivity index (χ2v) is 6.60.